The standard InChI is InChI=1S/C15H19NOSe/c1-2-3-10-16-11-9-13(15(16)17)12-18-14-7-5-4-6-8-14/h4-9H,2-3,10-12H2,1H3. The fourth-order valence-corrected chi connectivity index (χ4v) is 3.85. The van der Waals surface area contributed by atoms with Crippen LogP contribution in [0.4, 0.5) is 0 Å². The van der Waals surface area contributed by atoms with E-state index >= 15 is 0 Å². The maximum absolute atomic E-state index is 12.1. The number of amides is 1. The van der Waals surface area contributed by atoms with Gasteiger partial charge in [-0.05, 0) is 0 Å². The van der Waals surface area contributed by atoms with Crippen LogP contribution < -0.4 is 4.46 Å². The zero-order chi connectivity index (χ0) is 12.8. The van der Waals surface area contributed by atoms with E-state index in [2.05, 4.69) is 37.3 Å². The van der Waals surface area contributed by atoms with Gasteiger partial charge in [-0.25, -0.2) is 0 Å². The van der Waals surface area contributed by atoms with Crippen molar-refractivity contribution in [2.45, 2.75) is 25.1 Å². The summed E-state index contributed by atoms with van der Waals surface area (Å²) in [6.07, 6.45) is 4.37. The third-order valence-corrected chi connectivity index (χ3v) is 5.26. The van der Waals surface area contributed by atoms with E-state index < -0.39 is 0 Å². The Morgan fingerprint density at radius 2 is 2.06 bits per heavy atom. The van der Waals surface area contributed by atoms with E-state index in [1.807, 2.05) is 11.0 Å². The van der Waals surface area contributed by atoms with Crippen LogP contribution in [0.15, 0.2) is 42.0 Å². The van der Waals surface area contributed by atoms with E-state index in [0.29, 0.717) is 15.0 Å². The normalized spacial score (nSPS) is 15.1. The van der Waals surface area contributed by atoms with Crippen LogP contribution in [0.2, 0.25) is 5.32 Å². The molecule has 0 saturated heterocycles. The van der Waals surface area contributed by atoms with Crippen LogP contribution in [0, 0.1) is 0 Å². The van der Waals surface area contributed by atoms with Crippen LogP contribution in [0.3, 0.4) is 0 Å². The zero-order valence-corrected chi connectivity index (χ0v) is 12.5. The third-order valence-electron chi connectivity index (χ3n) is 3.04. The number of hydrogen-bond acceptors (Lipinski definition) is 1. The Kier molecular flexibility index (Phi) is 5.03. The van der Waals surface area contributed by atoms with Gasteiger partial charge in [-0.2, -0.15) is 0 Å². The SMILES string of the molecule is CCCCN1CC=C(C[Se]c2ccccc2)C1=O. The van der Waals surface area contributed by atoms with Crippen molar-refractivity contribution in [2.75, 3.05) is 13.1 Å². The van der Waals surface area contributed by atoms with Gasteiger partial charge in [0.05, 0.1) is 0 Å². The molecule has 1 aromatic carbocycles. The topological polar surface area (TPSA) is 20.3 Å². The molecule has 0 spiro atoms. The molecule has 2 nitrogen and oxygen atoms in total. The number of carbonyl (C=O) groups excluding carboxylic acids is 1. The van der Waals surface area contributed by atoms with Crippen molar-refractivity contribution in [1.82, 2.24) is 4.90 Å². The molecule has 0 fully saturated rings. The number of nitrogens with zero attached hydrogens (tertiary/aromatic N) is 1. The van der Waals surface area contributed by atoms with E-state index in [9.17, 15) is 4.79 Å². The molecule has 96 valence electrons. The molecule has 0 atom stereocenters. The molecule has 0 radical (unpaired) electrons. The van der Waals surface area contributed by atoms with Crippen molar-refractivity contribution in [1.29, 1.82) is 0 Å². The second-order valence-electron chi connectivity index (χ2n) is 4.44. The van der Waals surface area contributed by atoms with Crippen LogP contribution >= 0.6 is 0 Å². The van der Waals surface area contributed by atoms with Crippen molar-refractivity contribution in [3.8, 4) is 0 Å². The molecule has 0 saturated carbocycles. The fraction of sp³-hybridized carbons (Fsp3) is 0.400. The minimum absolute atomic E-state index is 0.265. The average molecular weight is 308 g/mol. The van der Waals surface area contributed by atoms with Gasteiger partial charge in [0.1, 0.15) is 0 Å². The molecule has 1 heterocycles. The van der Waals surface area contributed by atoms with Crippen LogP contribution in [-0.4, -0.2) is 38.9 Å². The van der Waals surface area contributed by atoms with Gasteiger partial charge in [-0.15, -0.1) is 0 Å². The summed E-state index contributed by atoms with van der Waals surface area (Å²) < 4.78 is 1.37. The first-order chi connectivity index (χ1) is 8.81. The molecule has 1 amide bonds. The van der Waals surface area contributed by atoms with E-state index in [0.717, 1.165) is 36.8 Å². The number of rotatable bonds is 6. The summed E-state index contributed by atoms with van der Waals surface area (Å²) in [7, 11) is 0. The summed E-state index contributed by atoms with van der Waals surface area (Å²) >= 11 is 0.378. The first-order valence-electron chi connectivity index (χ1n) is 6.47. The molecule has 1 aliphatic rings. The van der Waals surface area contributed by atoms with Gasteiger partial charge in [0.2, 0.25) is 0 Å². The van der Waals surface area contributed by atoms with E-state index in [1.165, 1.54) is 4.46 Å². The van der Waals surface area contributed by atoms with Crippen molar-refractivity contribution in [3.63, 3.8) is 0 Å². The predicted molar refractivity (Wildman–Crippen MR) is 76.2 cm³/mol. The van der Waals surface area contributed by atoms with E-state index in [1.54, 1.807) is 0 Å². The Morgan fingerprint density at radius 1 is 1.28 bits per heavy atom. The van der Waals surface area contributed by atoms with Gasteiger partial charge < -0.3 is 0 Å². The van der Waals surface area contributed by atoms with E-state index in [4.69, 9.17) is 0 Å². The maximum atomic E-state index is 12.1. The first kappa shape index (κ1) is 13.4. The molecule has 0 aromatic heterocycles. The van der Waals surface area contributed by atoms with Gasteiger partial charge in [0.15, 0.2) is 0 Å². The van der Waals surface area contributed by atoms with Crippen LogP contribution in [0.5, 0.6) is 0 Å². The monoisotopic (exact) mass is 309 g/mol. The first-order valence-corrected chi connectivity index (χ1v) is 8.54. The van der Waals surface area contributed by atoms with Gasteiger partial charge in [0, 0.05) is 0 Å². The molecule has 1 aromatic rings. The van der Waals surface area contributed by atoms with Crippen molar-refractivity contribution >= 4 is 25.3 Å². The molecule has 0 aliphatic carbocycles. The van der Waals surface area contributed by atoms with Gasteiger partial charge in [-0.3, -0.25) is 0 Å². The van der Waals surface area contributed by atoms with Crippen molar-refractivity contribution < 1.29 is 4.79 Å². The number of unbranched alkanes of at least 4 members (excludes halogenated alkanes) is 1. The van der Waals surface area contributed by atoms with Crippen molar-refractivity contribution in [3.05, 3.63) is 42.0 Å². The molecule has 0 unspecified atom stereocenters. The van der Waals surface area contributed by atoms with Crippen molar-refractivity contribution in [2.24, 2.45) is 0 Å². The summed E-state index contributed by atoms with van der Waals surface area (Å²) in [6.45, 7) is 3.89. The summed E-state index contributed by atoms with van der Waals surface area (Å²) in [5, 5.41) is 0.929. The van der Waals surface area contributed by atoms with E-state index in [-0.39, 0.29) is 5.91 Å². The molecule has 18 heavy (non-hydrogen) atoms. The summed E-state index contributed by atoms with van der Waals surface area (Å²) in [6, 6.07) is 10.5. The molecule has 0 N–H and O–H groups in total. The Bertz CT molecular complexity index is 427. The van der Waals surface area contributed by atoms with Gasteiger partial charge in [0.25, 0.3) is 0 Å². The third kappa shape index (κ3) is 3.47. The Balaban J connectivity index is 1.83. The second kappa shape index (κ2) is 6.77. The van der Waals surface area contributed by atoms with Crippen LogP contribution in [0.1, 0.15) is 19.8 Å². The number of hydrogen-bond donors (Lipinski definition) is 0. The minimum atomic E-state index is 0.265. The molecular formula is C15H19NOSe. The summed E-state index contributed by atoms with van der Waals surface area (Å²) in [5.74, 6) is 0.265. The fourth-order valence-electron chi connectivity index (χ4n) is 1.93. The second-order valence-corrected chi connectivity index (χ2v) is 6.64. The quantitative estimate of drug-likeness (QED) is 0.736. The average Bonchev–Trinajstić information content (AvgIpc) is 2.76. The number of benzene rings is 1. The molecule has 3 heteroatoms. The van der Waals surface area contributed by atoms with Crippen LogP contribution in [-0.2, 0) is 4.79 Å². The molecular weight excluding hydrogens is 289 g/mol. The Labute approximate surface area is 115 Å². The Hall–Kier alpha value is -1.05. The summed E-state index contributed by atoms with van der Waals surface area (Å²) in [4.78, 5) is 14.1. The molecule has 2 rings (SSSR count). The molecule has 0 bridgehead atoms. The van der Waals surface area contributed by atoms with Gasteiger partial charge in [-0.1, -0.05) is 0 Å². The Morgan fingerprint density at radius 3 is 2.78 bits per heavy atom. The zero-order valence-electron chi connectivity index (χ0n) is 10.8. The molecule has 1 aliphatic heterocycles. The predicted octanol–water partition coefficient (Wildman–Crippen LogP) is 2.00. The van der Waals surface area contributed by atoms with Gasteiger partial charge >= 0.3 is 115 Å². The number of carbonyl (C=O) groups is 1. The van der Waals surface area contributed by atoms with Crippen LogP contribution in [0.25, 0.3) is 0 Å². The summed E-state index contributed by atoms with van der Waals surface area (Å²) in [5.41, 5.74) is 1.02.